The first-order valence-corrected chi connectivity index (χ1v) is 7.22. The second kappa shape index (κ2) is 7.82. The lowest BCUT2D eigenvalue weighted by Crippen LogP contribution is -2.03. The maximum absolute atomic E-state index is 13.6. The SMILES string of the molecule is O=C(C=CNc1ccc(Br)cc1F)c1cccc(OC(F)F)c1. The van der Waals surface area contributed by atoms with Gasteiger partial charge in [-0.25, -0.2) is 4.39 Å². The summed E-state index contributed by atoms with van der Waals surface area (Å²) in [4.78, 5) is 11.9. The Bertz CT molecular complexity index is 735. The van der Waals surface area contributed by atoms with Crippen molar-refractivity contribution in [3.05, 3.63) is 70.6 Å². The van der Waals surface area contributed by atoms with Crippen LogP contribution < -0.4 is 10.1 Å². The average molecular weight is 386 g/mol. The first kappa shape index (κ1) is 17.1. The van der Waals surface area contributed by atoms with E-state index in [1.54, 1.807) is 6.07 Å². The Kier molecular flexibility index (Phi) is 5.81. The Hall–Kier alpha value is -2.28. The van der Waals surface area contributed by atoms with E-state index in [0.29, 0.717) is 4.47 Å². The van der Waals surface area contributed by atoms with Crippen LogP contribution in [0.3, 0.4) is 0 Å². The van der Waals surface area contributed by atoms with E-state index < -0.39 is 18.2 Å². The summed E-state index contributed by atoms with van der Waals surface area (Å²) in [6, 6.07) is 9.85. The second-order valence-corrected chi connectivity index (χ2v) is 5.29. The van der Waals surface area contributed by atoms with Crippen LogP contribution in [-0.2, 0) is 0 Å². The largest absolute Gasteiger partial charge is 0.435 e. The number of hydrogen-bond donors (Lipinski definition) is 1. The van der Waals surface area contributed by atoms with Gasteiger partial charge >= 0.3 is 6.61 Å². The van der Waals surface area contributed by atoms with Crippen molar-refractivity contribution < 1.29 is 22.7 Å². The maximum atomic E-state index is 13.6. The summed E-state index contributed by atoms with van der Waals surface area (Å²) in [6.45, 7) is -2.96. The van der Waals surface area contributed by atoms with Gasteiger partial charge in [0.05, 0.1) is 5.69 Å². The highest BCUT2D eigenvalue weighted by Crippen LogP contribution is 2.19. The number of allylic oxidation sites excluding steroid dienone is 1. The van der Waals surface area contributed by atoms with Crippen molar-refractivity contribution >= 4 is 27.4 Å². The average Bonchev–Trinajstić information content (AvgIpc) is 2.49. The molecule has 0 aliphatic carbocycles. The molecule has 23 heavy (non-hydrogen) atoms. The first-order chi connectivity index (χ1) is 11.0. The molecule has 0 aliphatic heterocycles. The Morgan fingerprint density at radius 3 is 2.70 bits per heavy atom. The fourth-order valence-electron chi connectivity index (χ4n) is 1.74. The number of ketones is 1. The van der Waals surface area contributed by atoms with E-state index in [2.05, 4.69) is 26.0 Å². The monoisotopic (exact) mass is 385 g/mol. The number of hydrogen-bond acceptors (Lipinski definition) is 3. The quantitative estimate of drug-likeness (QED) is 0.561. The fraction of sp³-hybridized carbons (Fsp3) is 0.0625. The van der Waals surface area contributed by atoms with Crippen molar-refractivity contribution in [1.82, 2.24) is 0 Å². The minimum atomic E-state index is -2.96. The molecule has 0 unspecified atom stereocenters. The minimum Gasteiger partial charge on any atom is -0.435 e. The van der Waals surface area contributed by atoms with E-state index in [9.17, 15) is 18.0 Å². The van der Waals surface area contributed by atoms with Crippen LogP contribution in [0.2, 0.25) is 0 Å². The molecule has 0 aromatic heterocycles. The number of benzene rings is 2. The third-order valence-corrected chi connectivity index (χ3v) is 3.24. The second-order valence-electron chi connectivity index (χ2n) is 4.37. The van der Waals surface area contributed by atoms with Crippen LogP contribution in [0.5, 0.6) is 5.75 Å². The molecule has 0 spiro atoms. The zero-order valence-corrected chi connectivity index (χ0v) is 13.2. The minimum absolute atomic E-state index is 0.105. The molecule has 1 N–H and O–H groups in total. The summed E-state index contributed by atoms with van der Waals surface area (Å²) < 4.78 is 42.7. The van der Waals surface area contributed by atoms with Crippen LogP contribution in [0.1, 0.15) is 10.4 Å². The molecule has 3 nitrogen and oxygen atoms in total. The van der Waals surface area contributed by atoms with Crippen molar-refractivity contribution in [3.63, 3.8) is 0 Å². The maximum Gasteiger partial charge on any atom is 0.387 e. The highest BCUT2D eigenvalue weighted by Gasteiger charge is 2.07. The zero-order chi connectivity index (χ0) is 16.8. The number of carbonyl (C=O) groups excluding carboxylic acids is 1. The number of nitrogens with one attached hydrogen (secondary N) is 1. The molecule has 2 aromatic carbocycles. The molecule has 0 saturated heterocycles. The van der Waals surface area contributed by atoms with Crippen molar-refractivity contribution in [2.24, 2.45) is 0 Å². The Labute approximate surface area is 138 Å². The molecule has 0 bridgehead atoms. The van der Waals surface area contributed by atoms with Gasteiger partial charge in [0.15, 0.2) is 5.78 Å². The van der Waals surface area contributed by atoms with E-state index in [4.69, 9.17) is 0 Å². The van der Waals surface area contributed by atoms with Gasteiger partial charge in [0.25, 0.3) is 0 Å². The molecule has 7 heteroatoms. The fourth-order valence-corrected chi connectivity index (χ4v) is 2.07. The molecule has 120 valence electrons. The lowest BCUT2D eigenvalue weighted by molar-refractivity contribution is -0.0498. The lowest BCUT2D eigenvalue weighted by atomic mass is 10.1. The first-order valence-electron chi connectivity index (χ1n) is 6.43. The molecule has 2 aromatic rings. The van der Waals surface area contributed by atoms with Crippen LogP contribution in [0.25, 0.3) is 0 Å². The van der Waals surface area contributed by atoms with Gasteiger partial charge in [-0.2, -0.15) is 8.78 Å². The van der Waals surface area contributed by atoms with Crippen molar-refractivity contribution in [1.29, 1.82) is 0 Å². The summed E-state index contributed by atoms with van der Waals surface area (Å²) in [5, 5.41) is 2.64. The topological polar surface area (TPSA) is 38.3 Å². The standard InChI is InChI=1S/C16H11BrF3NO2/c17-11-4-5-14(13(18)9-11)21-7-6-15(22)10-2-1-3-12(8-10)23-16(19)20/h1-9,16,21H. The van der Waals surface area contributed by atoms with Crippen LogP contribution in [-0.4, -0.2) is 12.4 Å². The van der Waals surface area contributed by atoms with Crippen molar-refractivity contribution in [2.75, 3.05) is 5.32 Å². The molecule has 0 fully saturated rings. The van der Waals surface area contributed by atoms with Crippen molar-refractivity contribution in [3.8, 4) is 5.75 Å². The van der Waals surface area contributed by atoms with Crippen LogP contribution >= 0.6 is 15.9 Å². The molecule has 0 amide bonds. The van der Waals surface area contributed by atoms with Gasteiger partial charge < -0.3 is 10.1 Å². The highest BCUT2D eigenvalue weighted by molar-refractivity contribution is 9.10. The van der Waals surface area contributed by atoms with Gasteiger partial charge in [0.2, 0.25) is 0 Å². The van der Waals surface area contributed by atoms with Gasteiger partial charge in [0, 0.05) is 22.3 Å². The summed E-state index contributed by atoms with van der Waals surface area (Å²) in [7, 11) is 0. The van der Waals surface area contributed by atoms with Gasteiger partial charge in [0.1, 0.15) is 11.6 Å². The van der Waals surface area contributed by atoms with E-state index in [-0.39, 0.29) is 17.0 Å². The molecule has 2 rings (SSSR count). The van der Waals surface area contributed by atoms with Gasteiger partial charge in [-0.3, -0.25) is 4.79 Å². The number of halogens is 4. The van der Waals surface area contributed by atoms with E-state index in [1.165, 1.54) is 48.7 Å². The third kappa shape index (κ3) is 5.14. The summed E-state index contributed by atoms with van der Waals surface area (Å²) in [5.74, 6) is -1.02. The zero-order valence-electron chi connectivity index (χ0n) is 11.6. The molecular weight excluding hydrogens is 375 g/mol. The molecule has 0 saturated carbocycles. The van der Waals surface area contributed by atoms with E-state index >= 15 is 0 Å². The molecule has 0 aliphatic rings. The molecule has 0 heterocycles. The lowest BCUT2D eigenvalue weighted by Gasteiger charge is -2.05. The van der Waals surface area contributed by atoms with E-state index in [1.807, 2.05) is 0 Å². The molecule has 0 atom stereocenters. The summed E-state index contributed by atoms with van der Waals surface area (Å²) in [6.07, 6.45) is 2.44. The Balaban J connectivity index is 2.03. The molecular formula is C16H11BrF3NO2. The number of ether oxygens (including phenoxy) is 1. The number of rotatable bonds is 6. The predicted octanol–water partition coefficient (Wildman–Crippen LogP) is 5.00. The van der Waals surface area contributed by atoms with Crippen LogP contribution in [0.15, 0.2) is 59.2 Å². The normalized spacial score (nSPS) is 11.0. The number of anilines is 1. The van der Waals surface area contributed by atoms with Crippen LogP contribution in [0.4, 0.5) is 18.9 Å². The van der Waals surface area contributed by atoms with Gasteiger partial charge in [-0.1, -0.05) is 28.1 Å². The molecule has 0 radical (unpaired) electrons. The third-order valence-electron chi connectivity index (χ3n) is 2.75. The van der Waals surface area contributed by atoms with Crippen LogP contribution in [0, 0.1) is 5.82 Å². The van der Waals surface area contributed by atoms with Gasteiger partial charge in [-0.15, -0.1) is 0 Å². The summed E-state index contributed by atoms with van der Waals surface area (Å²) in [5.41, 5.74) is 0.379. The van der Waals surface area contributed by atoms with E-state index in [0.717, 1.165) is 0 Å². The Morgan fingerprint density at radius 1 is 1.22 bits per heavy atom. The number of carbonyl (C=O) groups is 1. The highest BCUT2D eigenvalue weighted by atomic mass is 79.9. The number of alkyl halides is 2. The van der Waals surface area contributed by atoms with Crippen molar-refractivity contribution in [2.45, 2.75) is 6.61 Å². The Morgan fingerprint density at radius 2 is 2.00 bits per heavy atom. The van der Waals surface area contributed by atoms with Gasteiger partial charge in [-0.05, 0) is 30.3 Å². The smallest absolute Gasteiger partial charge is 0.387 e. The summed E-state index contributed by atoms with van der Waals surface area (Å²) >= 11 is 3.14. The predicted molar refractivity (Wildman–Crippen MR) is 84.3 cm³/mol.